The lowest BCUT2D eigenvalue weighted by atomic mass is 10.2. The van der Waals surface area contributed by atoms with Gasteiger partial charge in [0.25, 0.3) is 5.91 Å². The SMILES string of the molecule is O=C(c1cnc(Nc2ccc(F)cc2)nc1)N1CCN(c2ccccc2F)CC1. The molecule has 8 heteroatoms. The third-order valence-electron chi connectivity index (χ3n) is 4.76. The van der Waals surface area contributed by atoms with Crippen LogP contribution in [0.25, 0.3) is 0 Å². The molecule has 1 aliphatic rings. The lowest BCUT2D eigenvalue weighted by Gasteiger charge is -2.36. The second-order valence-corrected chi connectivity index (χ2v) is 6.66. The molecule has 0 bridgehead atoms. The zero-order chi connectivity index (χ0) is 20.2. The van der Waals surface area contributed by atoms with Gasteiger partial charge < -0.3 is 15.1 Å². The Kier molecular flexibility index (Phi) is 5.33. The van der Waals surface area contributed by atoms with Crippen molar-refractivity contribution in [2.24, 2.45) is 0 Å². The van der Waals surface area contributed by atoms with Crippen LogP contribution >= 0.6 is 0 Å². The Labute approximate surface area is 166 Å². The largest absolute Gasteiger partial charge is 0.366 e. The molecule has 1 amide bonds. The average Bonchev–Trinajstić information content (AvgIpc) is 2.76. The van der Waals surface area contributed by atoms with Crippen LogP contribution in [0.1, 0.15) is 10.4 Å². The highest BCUT2D eigenvalue weighted by molar-refractivity contribution is 5.94. The molecule has 4 rings (SSSR count). The average molecular weight is 395 g/mol. The molecule has 0 atom stereocenters. The van der Waals surface area contributed by atoms with Crippen molar-refractivity contribution >= 4 is 23.2 Å². The molecule has 0 aliphatic carbocycles. The monoisotopic (exact) mass is 395 g/mol. The van der Waals surface area contributed by atoms with Crippen LogP contribution in [0.2, 0.25) is 0 Å². The number of para-hydroxylation sites is 1. The number of piperazine rings is 1. The molecule has 1 fully saturated rings. The summed E-state index contributed by atoms with van der Waals surface area (Å²) in [5.41, 5.74) is 1.59. The van der Waals surface area contributed by atoms with Crippen LogP contribution in [0.15, 0.2) is 60.9 Å². The molecule has 1 aromatic heterocycles. The highest BCUT2D eigenvalue weighted by atomic mass is 19.1. The minimum absolute atomic E-state index is 0.161. The lowest BCUT2D eigenvalue weighted by Crippen LogP contribution is -2.49. The van der Waals surface area contributed by atoms with Gasteiger partial charge >= 0.3 is 0 Å². The van der Waals surface area contributed by atoms with E-state index in [0.717, 1.165) is 0 Å². The minimum atomic E-state index is -0.326. The van der Waals surface area contributed by atoms with E-state index in [1.807, 2.05) is 4.90 Å². The second-order valence-electron chi connectivity index (χ2n) is 6.66. The molecule has 1 N–H and O–H groups in total. The van der Waals surface area contributed by atoms with Crippen molar-refractivity contribution in [2.75, 3.05) is 36.4 Å². The fraction of sp³-hybridized carbons (Fsp3) is 0.190. The summed E-state index contributed by atoms with van der Waals surface area (Å²) in [5, 5.41) is 2.95. The summed E-state index contributed by atoms with van der Waals surface area (Å²) in [6.07, 6.45) is 2.93. The van der Waals surface area contributed by atoms with Gasteiger partial charge in [-0.1, -0.05) is 12.1 Å². The molecule has 2 aromatic carbocycles. The van der Waals surface area contributed by atoms with Crippen LogP contribution in [0.3, 0.4) is 0 Å². The third-order valence-corrected chi connectivity index (χ3v) is 4.76. The molecule has 29 heavy (non-hydrogen) atoms. The Bertz CT molecular complexity index is 987. The number of carbonyl (C=O) groups excluding carboxylic acids is 1. The van der Waals surface area contributed by atoms with Crippen LogP contribution < -0.4 is 10.2 Å². The number of anilines is 3. The summed E-state index contributed by atoms with van der Waals surface area (Å²) < 4.78 is 26.9. The van der Waals surface area contributed by atoms with Crippen molar-refractivity contribution in [3.05, 3.63) is 78.1 Å². The van der Waals surface area contributed by atoms with E-state index in [2.05, 4.69) is 15.3 Å². The number of nitrogens with zero attached hydrogens (tertiary/aromatic N) is 4. The van der Waals surface area contributed by atoms with E-state index in [0.29, 0.717) is 49.1 Å². The fourth-order valence-electron chi connectivity index (χ4n) is 3.21. The summed E-state index contributed by atoms with van der Waals surface area (Å²) in [6, 6.07) is 12.5. The first kappa shape index (κ1) is 18.8. The van der Waals surface area contributed by atoms with Crippen molar-refractivity contribution in [3.63, 3.8) is 0 Å². The maximum atomic E-state index is 13.9. The molecular formula is C21H19F2N5O. The van der Waals surface area contributed by atoms with Crippen LogP contribution in [0.4, 0.5) is 26.1 Å². The first-order valence-electron chi connectivity index (χ1n) is 9.23. The van der Waals surface area contributed by atoms with Crippen molar-refractivity contribution in [2.45, 2.75) is 0 Å². The van der Waals surface area contributed by atoms with Crippen LogP contribution in [-0.2, 0) is 0 Å². The Morgan fingerprint density at radius 2 is 1.55 bits per heavy atom. The summed E-state index contributed by atoms with van der Waals surface area (Å²) in [6.45, 7) is 2.08. The highest BCUT2D eigenvalue weighted by Crippen LogP contribution is 2.21. The predicted molar refractivity (Wildman–Crippen MR) is 106 cm³/mol. The highest BCUT2D eigenvalue weighted by Gasteiger charge is 2.24. The molecule has 0 saturated carbocycles. The van der Waals surface area contributed by atoms with Gasteiger partial charge in [0.2, 0.25) is 5.95 Å². The van der Waals surface area contributed by atoms with Gasteiger partial charge in [-0.05, 0) is 36.4 Å². The van der Waals surface area contributed by atoms with Gasteiger partial charge in [0, 0.05) is 44.3 Å². The Morgan fingerprint density at radius 3 is 2.21 bits per heavy atom. The zero-order valence-electron chi connectivity index (χ0n) is 15.6. The number of hydrogen-bond acceptors (Lipinski definition) is 5. The maximum Gasteiger partial charge on any atom is 0.257 e. The predicted octanol–water partition coefficient (Wildman–Crippen LogP) is 3.46. The fourth-order valence-corrected chi connectivity index (χ4v) is 3.21. The van der Waals surface area contributed by atoms with Crippen LogP contribution in [0, 0.1) is 11.6 Å². The number of halogens is 2. The van der Waals surface area contributed by atoms with Gasteiger partial charge in [-0.2, -0.15) is 0 Å². The molecule has 1 saturated heterocycles. The molecule has 0 unspecified atom stereocenters. The van der Waals surface area contributed by atoms with E-state index < -0.39 is 0 Å². The third kappa shape index (κ3) is 4.31. The molecule has 0 spiro atoms. The molecular weight excluding hydrogens is 376 g/mol. The standard InChI is InChI=1S/C21H19F2N5O/c22-16-5-7-17(8-6-16)26-21-24-13-15(14-25-21)20(29)28-11-9-27(10-12-28)19-4-2-1-3-18(19)23/h1-8,13-14H,9-12H2,(H,24,25,26). The van der Waals surface area contributed by atoms with E-state index in [-0.39, 0.29) is 17.5 Å². The number of carbonyl (C=O) groups is 1. The lowest BCUT2D eigenvalue weighted by molar-refractivity contribution is 0.0746. The first-order chi connectivity index (χ1) is 14.1. The first-order valence-corrected chi connectivity index (χ1v) is 9.23. The Hall–Kier alpha value is -3.55. The summed E-state index contributed by atoms with van der Waals surface area (Å²) in [4.78, 5) is 24.7. The van der Waals surface area contributed by atoms with Crippen molar-refractivity contribution in [1.29, 1.82) is 0 Å². The van der Waals surface area contributed by atoms with Crippen molar-refractivity contribution in [1.82, 2.24) is 14.9 Å². The van der Waals surface area contributed by atoms with Gasteiger partial charge in [-0.25, -0.2) is 18.7 Å². The molecule has 1 aliphatic heterocycles. The number of benzene rings is 2. The summed E-state index contributed by atoms with van der Waals surface area (Å²) in [5.74, 6) is -0.429. The van der Waals surface area contributed by atoms with Gasteiger partial charge in [0.1, 0.15) is 11.6 Å². The molecule has 6 nitrogen and oxygen atoms in total. The Balaban J connectivity index is 1.36. The van der Waals surface area contributed by atoms with E-state index in [1.54, 1.807) is 35.2 Å². The molecule has 2 heterocycles. The molecule has 0 radical (unpaired) electrons. The number of nitrogens with one attached hydrogen (secondary N) is 1. The van der Waals surface area contributed by atoms with Crippen molar-refractivity contribution < 1.29 is 13.6 Å². The normalized spacial score (nSPS) is 14.0. The topological polar surface area (TPSA) is 61.4 Å². The van der Waals surface area contributed by atoms with E-state index in [1.165, 1.54) is 30.6 Å². The number of hydrogen-bond donors (Lipinski definition) is 1. The second kappa shape index (κ2) is 8.22. The van der Waals surface area contributed by atoms with Crippen molar-refractivity contribution in [3.8, 4) is 0 Å². The minimum Gasteiger partial charge on any atom is -0.366 e. The summed E-state index contributed by atoms with van der Waals surface area (Å²) >= 11 is 0. The van der Waals surface area contributed by atoms with Crippen LogP contribution in [-0.4, -0.2) is 47.0 Å². The van der Waals surface area contributed by atoms with Gasteiger partial charge in [0.05, 0.1) is 11.3 Å². The summed E-state index contributed by atoms with van der Waals surface area (Å²) in [7, 11) is 0. The molecule has 148 valence electrons. The quantitative estimate of drug-likeness (QED) is 0.733. The van der Waals surface area contributed by atoms with Gasteiger partial charge in [0.15, 0.2) is 0 Å². The zero-order valence-corrected chi connectivity index (χ0v) is 15.6. The number of rotatable bonds is 4. The number of aromatic nitrogens is 2. The Morgan fingerprint density at radius 1 is 0.897 bits per heavy atom. The van der Waals surface area contributed by atoms with Crippen LogP contribution in [0.5, 0.6) is 0 Å². The van der Waals surface area contributed by atoms with Gasteiger partial charge in [-0.15, -0.1) is 0 Å². The van der Waals surface area contributed by atoms with Gasteiger partial charge in [-0.3, -0.25) is 4.79 Å². The van der Waals surface area contributed by atoms with E-state index in [4.69, 9.17) is 0 Å². The molecule has 3 aromatic rings. The smallest absolute Gasteiger partial charge is 0.257 e. The van der Waals surface area contributed by atoms with E-state index >= 15 is 0 Å². The maximum absolute atomic E-state index is 13.9. The van der Waals surface area contributed by atoms with E-state index in [9.17, 15) is 13.6 Å². The number of amides is 1.